The van der Waals surface area contributed by atoms with Crippen molar-refractivity contribution >= 4 is 23.4 Å². The fourth-order valence-corrected chi connectivity index (χ4v) is 8.50. The highest BCUT2D eigenvalue weighted by atomic mass is 16.5. The number of carbonyl (C=O) groups is 3. The number of rotatable bonds is 7. The summed E-state index contributed by atoms with van der Waals surface area (Å²) in [5, 5.41) is 12.5. The number of amides is 3. The van der Waals surface area contributed by atoms with Gasteiger partial charge in [0.2, 0.25) is 11.8 Å². The molecule has 0 bridgehead atoms. The number of ether oxygens (including phenoxy) is 1. The first-order chi connectivity index (χ1) is 25.8. The van der Waals surface area contributed by atoms with Crippen LogP contribution in [0, 0.1) is 17.8 Å². The van der Waals surface area contributed by atoms with Crippen molar-refractivity contribution in [3.05, 3.63) is 124 Å². The molecule has 0 aromatic heterocycles. The van der Waals surface area contributed by atoms with Crippen molar-refractivity contribution in [3.63, 3.8) is 0 Å². The number of imide groups is 1. The fraction of sp³-hybridized carbons (Fsp3) is 0.341. The molecular formula is C44H44N4O5. The van der Waals surface area contributed by atoms with Crippen LogP contribution >= 0.6 is 0 Å². The number of nitrogens with zero attached hydrogens (tertiary/aromatic N) is 3. The molecule has 0 spiro atoms. The average molecular weight is 709 g/mol. The first-order valence-electron chi connectivity index (χ1n) is 18.6. The number of nitrogens with one attached hydrogen (secondary N) is 1. The van der Waals surface area contributed by atoms with E-state index in [9.17, 15) is 19.5 Å². The Morgan fingerprint density at radius 2 is 1.70 bits per heavy atom. The van der Waals surface area contributed by atoms with Crippen LogP contribution in [-0.2, 0) is 16.1 Å². The predicted octanol–water partition coefficient (Wildman–Crippen LogP) is 5.66. The van der Waals surface area contributed by atoms with Crippen LogP contribution in [0.2, 0.25) is 0 Å². The number of hydrogen-bond acceptors (Lipinski definition) is 7. The molecule has 8 rings (SSSR count). The van der Waals surface area contributed by atoms with Gasteiger partial charge in [0.05, 0.1) is 13.2 Å². The molecule has 0 radical (unpaired) electrons. The lowest BCUT2D eigenvalue weighted by atomic mass is 9.76. The monoisotopic (exact) mass is 708 g/mol. The molecule has 53 heavy (non-hydrogen) atoms. The highest BCUT2D eigenvalue weighted by Gasteiger charge is 2.39. The Morgan fingerprint density at radius 1 is 0.906 bits per heavy atom. The van der Waals surface area contributed by atoms with E-state index < -0.39 is 11.9 Å². The molecule has 3 amide bonds. The van der Waals surface area contributed by atoms with E-state index in [1.165, 1.54) is 16.8 Å². The number of phenolic OH excluding ortho intramolecular Hbond substituents is 1. The van der Waals surface area contributed by atoms with Gasteiger partial charge < -0.3 is 19.6 Å². The Morgan fingerprint density at radius 3 is 2.47 bits per heavy atom. The lowest BCUT2D eigenvalue weighted by molar-refractivity contribution is -0.136. The second-order valence-electron chi connectivity index (χ2n) is 14.8. The molecular weight excluding hydrogens is 665 g/mol. The summed E-state index contributed by atoms with van der Waals surface area (Å²) >= 11 is 0. The minimum absolute atomic E-state index is 0.127. The first-order valence-corrected chi connectivity index (χ1v) is 18.6. The molecule has 0 aliphatic carbocycles. The zero-order valence-corrected chi connectivity index (χ0v) is 30.0. The second kappa shape index (κ2) is 14.8. The van der Waals surface area contributed by atoms with Crippen molar-refractivity contribution in [2.45, 2.75) is 50.1 Å². The minimum atomic E-state index is -0.616. The number of phenols is 1. The molecule has 4 aromatic rings. The maximum absolute atomic E-state index is 13.0. The summed E-state index contributed by atoms with van der Waals surface area (Å²) in [6.07, 6.45) is 2.83. The molecule has 4 aliphatic rings. The zero-order valence-electron chi connectivity index (χ0n) is 30.0. The Balaban J connectivity index is 0.846. The lowest BCUT2D eigenvalue weighted by Crippen LogP contribution is -2.52. The van der Waals surface area contributed by atoms with E-state index in [1.54, 1.807) is 23.1 Å². The van der Waals surface area contributed by atoms with E-state index in [-0.39, 0.29) is 35.8 Å². The third-order valence-corrected chi connectivity index (χ3v) is 11.3. The van der Waals surface area contributed by atoms with Gasteiger partial charge in [0.25, 0.3) is 5.91 Å². The van der Waals surface area contributed by atoms with Gasteiger partial charge >= 0.3 is 0 Å². The maximum atomic E-state index is 13.0. The topological polar surface area (TPSA) is 102 Å². The molecule has 1 unspecified atom stereocenters. The van der Waals surface area contributed by atoms with E-state index >= 15 is 0 Å². The summed E-state index contributed by atoms with van der Waals surface area (Å²) in [4.78, 5) is 43.3. The maximum Gasteiger partial charge on any atom is 0.255 e. The number of benzene rings is 4. The third kappa shape index (κ3) is 7.24. The van der Waals surface area contributed by atoms with Gasteiger partial charge in [-0.25, -0.2) is 0 Å². The summed E-state index contributed by atoms with van der Waals surface area (Å²) in [6, 6.07) is 30.1. The quantitative estimate of drug-likeness (QED) is 0.189. The number of anilines is 1. The highest BCUT2D eigenvalue weighted by molar-refractivity contribution is 6.05. The normalized spacial score (nSPS) is 21.4. The standard InChI is InChI=1S/C44H44N4O5/c1-46(21-5-6-29-9-15-36-33(24-29)27-48(44(36)52)39-17-18-41(50)45-43(39)51)26-30-19-22-47(23-20-30)34-12-10-32(11-13-34)42-37-16-14-35(49)25-40(37)53-28-38(42)31-7-3-2-4-8-31/h2-4,7-16,24-25,30,38-39,42,49H,17-23,26-28H2,1H3,(H,45,50,51)/t38-,39?,42-/m1/s1. The summed E-state index contributed by atoms with van der Waals surface area (Å²) in [7, 11) is 2.12. The van der Waals surface area contributed by atoms with Crippen LogP contribution < -0.4 is 15.0 Å². The molecule has 2 saturated heterocycles. The van der Waals surface area contributed by atoms with Crippen LogP contribution in [0.1, 0.15) is 75.7 Å². The Bertz CT molecular complexity index is 2080. The van der Waals surface area contributed by atoms with Crippen LogP contribution in [0.15, 0.2) is 91.0 Å². The van der Waals surface area contributed by atoms with Gasteiger partial charge in [-0.05, 0) is 85.3 Å². The molecule has 0 saturated carbocycles. The zero-order chi connectivity index (χ0) is 36.5. The molecule has 9 nitrogen and oxygen atoms in total. The molecule has 2 N–H and O–H groups in total. The highest BCUT2D eigenvalue weighted by Crippen LogP contribution is 2.47. The van der Waals surface area contributed by atoms with E-state index in [0.29, 0.717) is 37.6 Å². The van der Waals surface area contributed by atoms with Gasteiger partial charge in [-0.1, -0.05) is 60.4 Å². The minimum Gasteiger partial charge on any atom is -0.508 e. The van der Waals surface area contributed by atoms with Crippen LogP contribution in [0.3, 0.4) is 0 Å². The number of fused-ring (bicyclic) bond motifs is 2. The molecule has 4 heterocycles. The van der Waals surface area contributed by atoms with Gasteiger partial charge in [0.15, 0.2) is 0 Å². The summed E-state index contributed by atoms with van der Waals surface area (Å²) in [5.41, 5.74) is 7.17. The summed E-state index contributed by atoms with van der Waals surface area (Å²) in [6.45, 7) is 4.58. The molecule has 4 aliphatic heterocycles. The van der Waals surface area contributed by atoms with Crippen molar-refractivity contribution in [1.82, 2.24) is 15.1 Å². The van der Waals surface area contributed by atoms with E-state index in [4.69, 9.17) is 4.74 Å². The Hall–Kier alpha value is -5.59. The van der Waals surface area contributed by atoms with E-state index in [1.807, 2.05) is 24.3 Å². The Labute approximate surface area is 310 Å². The second-order valence-corrected chi connectivity index (χ2v) is 14.8. The van der Waals surface area contributed by atoms with Crippen molar-refractivity contribution in [2.75, 3.05) is 44.7 Å². The fourth-order valence-electron chi connectivity index (χ4n) is 8.50. The molecule has 3 atom stereocenters. The average Bonchev–Trinajstić information content (AvgIpc) is 3.49. The third-order valence-electron chi connectivity index (χ3n) is 11.3. The lowest BCUT2D eigenvalue weighted by Gasteiger charge is -2.36. The SMILES string of the molecule is CN(CC#Cc1ccc2c(c1)CN(C1CCC(=O)NC1=O)C2=O)CC1CCN(c2ccc([C@@H]3c4ccc(O)cc4OC[C@@H]3c3ccccc3)cc2)CC1. The van der Waals surface area contributed by atoms with Crippen LogP contribution in [0.25, 0.3) is 0 Å². The van der Waals surface area contributed by atoms with E-state index in [0.717, 1.165) is 54.9 Å². The molecule has 2 fully saturated rings. The molecule has 9 heteroatoms. The largest absolute Gasteiger partial charge is 0.508 e. The summed E-state index contributed by atoms with van der Waals surface area (Å²) < 4.78 is 6.16. The van der Waals surface area contributed by atoms with Gasteiger partial charge in [0, 0.05) is 72.9 Å². The van der Waals surface area contributed by atoms with Crippen LogP contribution in [-0.4, -0.2) is 78.5 Å². The molecule has 4 aromatic carbocycles. The smallest absolute Gasteiger partial charge is 0.255 e. The predicted molar refractivity (Wildman–Crippen MR) is 203 cm³/mol. The number of aromatic hydroxyl groups is 1. The van der Waals surface area contributed by atoms with Crippen molar-refractivity contribution in [3.8, 4) is 23.3 Å². The number of hydrogen-bond donors (Lipinski definition) is 2. The number of piperidine rings is 2. The van der Waals surface area contributed by atoms with Crippen molar-refractivity contribution < 1.29 is 24.2 Å². The van der Waals surface area contributed by atoms with Crippen LogP contribution in [0.4, 0.5) is 5.69 Å². The van der Waals surface area contributed by atoms with Gasteiger partial charge in [-0.15, -0.1) is 0 Å². The first kappa shape index (κ1) is 34.5. The van der Waals surface area contributed by atoms with Crippen LogP contribution in [0.5, 0.6) is 11.5 Å². The summed E-state index contributed by atoms with van der Waals surface area (Å²) in [5.74, 6) is 7.61. The Kier molecular flexibility index (Phi) is 9.63. The van der Waals surface area contributed by atoms with Gasteiger partial charge in [-0.3, -0.25) is 24.6 Å². The van der Waals surface area contributed by atoms with Gasteiger partial charge in [0.1, 0.15) is 17.5 Å². The number of carbonyl (C=O) groups excluding carboxylic acids is 3. The molecule has 270 valence electrons. The van der Waals surface area contributed by atoms with Crippen molar-refractivity contribution in [1.29, 1.82) is 0 Å². The van der Waals surface area contributed by atoms with E-state index in [2.05, 4.69) is 82.5 Å². The van der Waals surface area contributed by atoms with Crippen molar-refractivity contribution in [2.24, 2.45) is 5.92 Å². The van der Waals surface area contributed by atoms with Gasteiger partial charge in [-0.2, -0.15) is 0 Å².